The zero-order valence-corrected chi connectivity index (χ0v) is 12.2. The van der Waals surface area contributed by atoms with E-state index < -0.39 is 12.0 Å². The maximum absolute atomic E-state index is 12.4. The topological polar surface area (TPSA) is 69.6 Å². The van der Waals surface area contributed by atoms with Crippen molar-refractivity contribution < 1.29 is 14.7 Å². The van der Waals surface area contributed by atoms with Crippen LogP contribution in [0.3, 0.4) is 0 Å². The molecule has 0 radical (unpaired) electrons. The van der Waals surface area contributed by atoms with Crippen molar-refractivity contribution in [3.8, 4) is 0 Å². The van der Waals surface area contributed by atoms with Gasteiger partial charge in [0.25, 0.3) is 0 Å². The van der Waals surface area contributed by atoms with Crippen molar-refractivity contribution in [2.24, 2.45) is 0 Å². The lowest BCUT2D eigenvalue weighted by atomic mass is 10.00. The molecule has 5 nitrogen and oxygen atoms in total. The summed E-state index contributed by atoms with van der Waals surface area (Å²) in [5.41, 5.74) is 1.62. The van der Waals surface area contributed by atoms with E-state index >= 15 is 0 Å². The number of carboxylic acids is 1. The third kappa shape index (κ3) is 4.66. The highest BCUT2D eigenvalue weighted by Crippen LogP contribution is 2.15. The second-order valence-corrected chi connectivity index (χ2v) is 4.85. The van der Waals surface area contributed by atoms with Gasteiger partial charge in [0.15, 0.2) is 5.78 Å². The Morgan fingerprint density at radius 2 is 1.85 bits per heavy atom. The summed E-state index contributed by atoms with van der Waals surface area (Å²) in [5.74, 6) is -0.943. The van der Waals surface area contributed by atoms with Crippen LogP contribution in [0.15, 0.2) is 24.3 Å². The number of hydrogen-bond donors (Lipinski definition) is 2. The number of carbonyl (C=O) groups is 2. The van der Waals surface area contributed by atoms with Crippen LogP contribution < -0.4 is 10.2 Å². The van der Waals surface area contributed by atoms with Crippen LogP contribution in [0.4, 0.5) is 5.69 Å². The first kappa shape index (κ1) is 16.2. The SMILES string of the molecule is CCNC(CCC(=O)O)C(=O)c1ccc(N(C)C)cc1. The summed E-state index contributed by atoms with van der Waals surface area (Å²) in [6, 6.07) is 6.88. The van der Waals surface area contributed by atoms with Crippen LogP contribution in [0.25, 0.3) is 0 Å². The minimum Gasteiger partial charge on any atom is -0.481 e. The number of carboxylic acid groups (broad SMARTS) is 1. The molecule has 0 saturated carbocycles. The first-order chi connectivity index (χ1) is 9.45. The van der Waals surface area contributed by atoms with E-state index in [0.717, 1.165) is 5.69 Å². The lowest BCUT2D eigenvalue weighted by Crippen LogP contribution is -2.37. The molecule has 0 aliphatic carbocycles. The van der Waals surface area contributed by atoms with E-state index in [1.165, 1.54) is 0 Å². The van der Waals surface area contributed by atoms with Gasteiger partial charge in [-0.2, -0.15) is 0 Å². The summed E-state index contributed by atoms with van der Waals surface area (Å²) in [4.78, 5) is 25.0. The summed E-state index contributed by atoms with van der Waals surface area (Å²) in [5, 5.41) is 11.8. The number of nitrogens with zero attached hydrogens (tertiary/aromatic N) is 1. The Balaban J connectivity index is 2.79. The Morgan fingerprint density at radius 3 is 2.30 bits per heavy atom. The summed E-state index contributed by atoms with van der Waals surface area (Å²) >= 11 is 0. The molecule has 5 heteroatoms. The van der Waals surface area contributed by atoms with Gasteiger partial charge < -0.3 is 15.3 Å². The molecule has 0 spiro atoms. The molecule has 1 aromatic rings. The number of benzene rings is 1. The number of rotatable bonds is 8. The van der Waals surface area contributed by atoms with Crippen LogP contribution in [-0.2, 0) is 4.79 Å². The van der Waals surface area contributed by atoms with E-state index in [1.54, 1.807) is 12.1 Å². The van der Waals surface area contributed by atoms with Crippen LogP contribution in [0.1, 0.15) is 30.1 Å². The van der Waals surface area contributed by atoms with Gasteiger partial charge in [-0.05, 0) is 37.2 Å². The number of hydrogen-bond acceptors (Lipinski definition) is 4. The van der Waals surface area contributed by atoms with E-state index in [1.807, 2.05) is 38.1 Å². The summed E-state index contributed by atoms with van der Waals surface area (Å²) < 4.78 is 0. The molecular formula is C15H22N2O3. The fraction of sp³-hybridized carbons (Fsp3) is 0.467. The van der Waals surface area contributed by atoms with Crippen molar-refractivity contribution in [1.82, 2.24) is 5.32 Å². The highest BCUT2D eigenvalue weighted by atomic mass is 16.4. The van der Waals surface area contributed by atoms with Gasteiger partial charge in [-0.3, -0.25) is 9.59 Å². The molecule has 0 aliphatic rings. The minimum absolute atomic E-state index is 0.0147. The Kier molecular flexibility index (Phi) is 6.18. The molecule has 0 aliphatic heterocycles. The first-order valence-corrected chi connectivity index (χ1v) is 6.72. The molecule has 0 saturated heterocycles. The highest BCUT2D eigenvalue weighted by Gasteiger charge is 2.20. The van der Waals surface area contributed by atoms with Crippen LogP contribution in [-0.4, -0.2) is 43.5 Å². The fourth-order valence-electron chi connectivity index (χ4n) is 1.97. The number of likely N-dealkylation sites (N-methyl/N-ethyl adjacent to an activating group) is 1. The van der Waals surface area contributed by atoms with E-state index in [2.05, 4.69) is 5.32 Å². The molecule has 2 N–H and O–H groups in total. The summed E-state index contributed by atoms with van der Waals surface area (Å²) in [7, 11) is 3.87. The normalized spacial score (nSPS) is 11.9. The van der Waals surface area contributed by atoms with Crippen molar-refractivity contribution in [2.75, 3.05) is 25.5 Å². The Labute approximate surface area is 119 Å². The van der Waals surface area contributed by atoms with Crippen molar-refractivity contribution in [2.45, 2.75) is 25.8 Å². The smallest absolute Gasteiger partial charge is 0.303 e. The number of aliphatic carboxylic acids is 1. The van der Waals surface area contributed by atoms with Crippen molar-refractivity contribution in [1.29, 1.82) is 0 Å². The Hall–Kier alpha value is -1.88. The number of nitrogens with one attached hydrogen (secondary N) is 1. The van der Waals surface area contributed by atoms with Gasteiger partial charge in [-0.1, -0.05) is 6.92 Å². The molecule has 1 unspecified atom stereocenters. The number of anilines is 1. The van der Waals surface area contributed by atoms with Crippen molar-refractivity contribution >= 4 is 17.4 Å². The zero-order valence-electron chi connectivity index (χ0n) is 12.2. The van der Waals surface area contributed by atoms with Gasteiger partial charge in [0.05, 0.1) is 6.04 Å². The molecule has 1 rings (SSSR count). The molecular weight excluding hydrogens is 256 g/mol. The number of ketones is 1. The van der Waals surface area contributed by atoms with Crippen LogP contribution >= 0.6 is 0 Å². The lowest BCUT2D eigenvalue weighted by molar-refractivity contribution is -0.137. The fourth-order valence-corrected chi connectivity index (χ4v) is 1.97. The lowest BCUT2D eigenvalue weighted by Gasteiger charge is -2.17. The Bertz CT molecular complexity index is 455. The quantitative estimate of drug-likeness (QED) is 0.709. The number of Topliss-reactive ketones (excluding diaryl/α,β-unsaturated/α-hetero) is 1. The third-order valence-corrected chi connectivity index (χ3v) is 3.08. The molecule has 1 atom stereocenters. The van der Waals surface area contributed by atoms with Crippen LogP contribution in [0.5, 0.6) is 0 Å². The maximum Gasteiger partial charge on any atom is 0.303 e. The van der Waals surface area contributed by atoms with Gasteiger partial charge in [0.1, 0.15) is 0 Å². The standard InChI is InChI=1S/C15H22N2O3/c1-4-16-13(9-10-14(18)19)15(20)11-5-7-12(8-6-11)17(2)3/h5-8,13,16H,4,9-10H2,1-3H3,(H,18,19). The second-order valence-electron chi connectivity index (χ2n) is 4.85. The summed E-state index contributed by atoms with van der Waals surface area (Å²) in [6.45, 7) is 2.53. The molecule has 0 heterocycles. The molecule has 110 valence electrons. The largest absolute Gasteiger partial charge is 0.481 e. The monoisotopic (exact) mass is 278 g/mol. The molecule has 0 bridgehead atoms. The predicted molar refractivity (Wildman–Crippen MR) is 79.4 cm³/mol. The zero-order chi connectivity index (χ0) is 15.1. The van der Waals surface area contributed by atoms with Crippen LogP contribution in [0, 0.1) is 0 Å². The van der Waals surface area contributed by atoms with Gasteiger partial charge in [0, 0.05) is 31.8 Å². The number of carbonyl (C=O) groups excluding carboxylic acids is 1. The molecule has 20 heavy (non-hydrogen) atoms. The minimum atomic E-state index is -0.886. The van der Waals surface area contributed by atoms with Crippen molar-refractivity contribution in [3.05, 3.63) is 29.8 Å². The third-order valence-electron chi connectivity index (χ3n) is 3.08. The van der Waals surface area contributed by atoms with Gasteiger partial charge in [-0.25, -0.2) is 0 Å². The molecule has 0 fully saturated rings. The van der Waals surface area contributed by atoms with E-state index in [9.17, 15) is 9.59 Å². The average molecular weight is 278 g/mol. The predicted octanol–water partition coefficient (Wildman–Crippen LogP) is 1.78. The van der Waals surface area contributed by atoms with E-state index in [4.69, 9.17) is 5.11 Å². The molecule has 0 amide bonds. The average Bonchev–Trinajstić information content (AvgIpc) is 2.42. The van der Waals surface area contributed by atoms with Crippen LogP contribution in [0.2, 0.25) is 0 Å². The molecule has 0 aromatic heterocycles. The van der Waals surface area contributed by atoms with Gasteiger partial charge in [-0.15, -0.1) is 0 Å². The van der Waals surface area contributed by atoms with Gasteiger partial charge >= 0.3 is 5.97 Å². The highest BCUT2D eigenvalue weighted by molar-refractivity contribution is 6.00. The van der Waals surface area contributed by atoms with E-state index in [0.29, 0.717) is 18.5 Å². The maximum atomic E-state index is 12.4. The van der Waals surface area contributed by atoms with E-state index in [-0.39, 0.29) is 12.2 Å². The molecule has 1 aromatic carbocycles. The van der Waals surface area contributed by atoms with Gasteiger partial charge in [0.2, 0.25) is 0 Å². The second kappa shape index (κ2) is 7.65. The first-order valence-electron chi connectivity index (χ1n) is 6.72. The van der Waals surface area contributed by atoms with Crippen molar-refractivity contribution in [3.63, 3.8) is 0 Å². The summed E-state index contributed by atoms with van der Waals surface area (Å²) in [6.07, 6.45) is 0.288. The Morgan fingerprint density at radius 1 is 1.25 bits per heavy atom.